The summed E-state index contributed by atoms with van der Waals surface area (Å²) >= 11 is 0. The lowest BCUT2D eigenvalue weighted by Crippen LogP contribution is -2.31. The normalized spacial score (nSPS) is 32.0. The van der Waals surface area contributed by atoms with E-state index in [0.29, 0.717) is 12.6 Å². The maximum atomic E-state index is 11.3. The van der Waals surface area contributed by atoms with E-state index in [4.69, 9.17) is 5.11 Å². The summed E-state index contributed by atoms with van der Waals surface area (Å²) in [6, 6.07) is 0.363. The Morgan fingerprint density at radius 1 is 1.58 bits per heavy atom. The zero-order valence-electron chi connectivity index (χ0n) is 6.69. The van der Waals surface area contributed by atoms with Crippen molar-refractivity contribution in [2.45, 2.75) is 25.3 Å². The van der Waals surface area contributed by atoms with Crippen molar-refractivity contribution in [1.82, 2.24) is 4.90 Å². The number of hydrogen-bond donors (Lipinski definition) is 1. The Hall–Kier alpha value is -1.06. The molecule has 1 saturated carbocycles. The molecule has 0 spiro atoms. The Kier molecular flexibility index (Phi) is 1.56. The van der Waals surface area contributed by atoms with Crippen LogP contribution in [0.3, 0.4) is 0 Å². The van der Waals surface area contributed by atoms with Gasteiger partial charge in [-0.05, 0) is 12.8 Å². The van der Waals surface area contributed by atoms with Crippen molar-refractivity contribution in [1.29, 1.82) is 0 Å². The van der Waals surface area contributed by atoms with Gasteiger partial charge >= 0.3 is 5.97 Å². The zero-order chi connectivity index (χ0) is 8.72. The monoisotopic (exact) mass is 169 g/mol. The topological polar surface area (TPSA) is 57.6 Å². The minimum absolute atomic E-state index is 0.0783. The van der Waals surface area contributed by atoms with E-state index in [1.54, 1.807) is 4.90 Å². The number of fused-ring (bicyclic) bond motifs is 1. The van der Waals surface area contributed by atoms with E-state index in [-0.39, 0.29) is 18.2 Å². The molecule has 12 heavy (non-hydrogen) atoms. The van der Waals surface area contributed by atoms with E-state index in [9.17, 15) is 9.59 Å². The van der Waals surface area contributed by atoms with Gasteiger partial charge in [0.15, 0.2) is 0 Å². The molecule has 2 bridgehead atoms. The molecule has 0 radical (unpaired) electrons. The average molecular weight is 169 g/mol. The van der Waals surface area contributed by atoms with Gasteiger partial charge in [0.05, 0.1) is 6.42 Å². The number of aliphatic carboxylic acids is 1. The zero-order valence-corrected chi connectivity index (χ0v) is 6.69. The van der Waals surface area contributed by atoms with Crippen LogP contribution in [0.2, 0.25) is 0 Å². The van der Waals surface area contributed by atoms with Gasteiger partial charge in [-0.15, -0.1) is 0 Å². The summed E-state index contributed by atoms with van der Waals surface area (Å²) < 4.78 is 0. The predicted molar refractivity (Wildman–Crippen MR) is 40.5 cm³/mol. The Morgan fingerprint density at radius 3 is 2.67 bits per heavy atom. The van der Waals surface area contributed by atoms with Crippen molar-refractivity contribution in [2.24, 2.45) is 5.92 Å². The maximum absolute atomic E-state index is 11.3. The highest BCUT2D eigenvalue weighted by molar-refractivity contribution is 5.84. The minimum Gasteiger partial charge on any atom is -0.481 e. The first-order valence-corrected chi connectivity index (χ1v) is 4.21. The molecular formula is C8H11NO3. The molecule has 3 fully saturated rings. The lowest BCUT2D eigenvalue weighted by molar-refractivity contribution is -0.138. The van der Waals surface area contributed by atoms with Crippen LogP contribution in [0.15, 0.2) is 0 Å². The lowest BCUT2D eigenvalue weighted by Gasteiger charge is -2.24. The number of carbonyl (C=O) groups excluding carboxylic acids is 1. The van der Waals surface area contributed by atoms with Gasteiger partial charge < -0.3 is 10.0 Å². The first-order valence-electron chi connectivity index (χ1n) is 4.21. The predicted octanol–water partition coefficient (Wildman–Crippen LogP) is 0.0819. The fourth-order valence-electron chi connectivity index (χ4n) is 1.97. The van der Waals surface area contributed by atoms with Crippen LogP contribution < -0.4 is 0 Å². The van der Waals surface area contributed by atoms with Crippen LogP contribution in [-0.2, 0) is 9.59 Å². The molecule has 0 aromatic rings. The molecule has 2 heterocycles. The summed E-state index contributed by atoms with van der Waals surface area (Å²) in [5.41, 5.74) is 0. The summed E-state index contributed by atoms with van der Waals surface area (Å²) in [5.74, 6) is -0.433. The van der Waals surface area contributed by atoms with E-state index in [0.717, 1.165) is 12.8 Å². The maximum Gasteiger partial charge on any atom is 0.305 e. The van der Waals surface area contributed by atoms with Crippen LogP contribution in [0.5, 0.6) is 0 Å². The van der Waals surface area contributed by atoms with Crippen LogP contribution in [-0.4, -0.2) is 34.5 Å². The molecule has 3 rings (SSSR count). The average Bonchev–Trinajstić information content (AvgIpc) is 2.33. The molecule has 0 aromatic carbocycles. The van der Waals surface area contributed by atoms with Gasteiger partial charge in [-0.3, -0.25) is 9.59 Å². The fraction of sp³-hybridized carbons (Fsp3) is 0.750. The van der Waals surface area contributed by atoms with Crippen LogP contribution in [0.1, 0.15) is 19.3 Å². The quantitative estimate of drug-likeness (QED) is 0.651. The van der Waals surface area contributed by atoms with Crippen molar-refractivity contribution in [3.63, 3.8) is 0 Å². The molecule has 2 saturated heterocycles. The second-order valence-electron chi connectivity index (χ2n) is 3.50. The molecule has 0 aromatic heterocycles. The van der Waals surface area contributed by atoms with Gasteiger partial charge in [0.2, 0.25) is 5.91 Å². The molecule has 2 aliphatic heterocycles. The van der Waals surface area contributed by atoms with Crippen molar-refractivity contribution in [3.05, 3.63) is 0 Å². The molecule has 4 nitrogen and oxygen atoms in total. The second-order valence-corrected chi connectivity index (χ2v) is 3.50. The van der Waals surface area contributed by atoms with Gasteiger partial charge in [-0.25, -0.2) is 0 Å². The third kappa shape index (κ3) is 0.983. The molecule has 0 unspecified atom stereocenters. The third-order valence-electron chi connectivity index (χ3n) is 2.75. The van der Waals surface area contributed by atoms with E-state index in [1.165, 1.54) is 0 Å². The number of rotatable bonds is 3. The number of hydrogen-bond acceptors (Lipinski definition) is 2. The molecule has 3 aliphatic rings. The van der Waals surface area contributed by atoms with Crippen LogP contribution in [0.25, 0.3) is 0 Å². The van der Waals surface area contributed by atoms with Crippen molar-refractivity contribution in [2.75, 3.05) is 6.54 Å². The van der Waals surface area contributed by atoms with Crippen molar-refractivity contribution in [3.8, 4) is 0 Å². The van der Waals surface area contributed by atoms with Crippen LogP contribution in [0, 0.1) is 5.92 Å². The van der Waals surface area contributed by atoms with E-state index in [2.05, 4.69) is 0 Å². The highest BCUT2D eigenvalue weighted by atomic mass is 16.4. The third-order valence-corrected chi connectivity index (χ3v) is 2.75. The summed E-state index contributed by atoms with van der Waals surface area (Å²) in [6.07, 6.45) is 1.99. The Labute approximate surface area is 70.2 Å². The van der Waals surface area contributed by atoms with E-state index >= 15 is 0 Å². The number of carbonyl (C=O) groups is 2. The summed E-state index contributed by atoms with van der Waals surface area (Å²) in [7, 11) is 0. The molecule has 1 amide bonds. The Bertz CT molecular complexity index is 232. The number of nitrogens with zero attached hydrogens (tertiary/aromatic N) is 1. The molecule has 4 heteroatoms. The van der Waals surface area contributed by atoms with Gasteiger partial charge in [0, 0.05) is 18.5 Å². The molecule has 66 valence electrons. The largest absolute Gasteiger partial charge is 0.481 e. The minimum atomic E-state index is -0.827. The second kappa shape index (κ2) is 2.47. The highest BCUT2D eigenvalue weighted by Crippen LogP contribution is 2.41. The molecule has 0 atom stereocenters. The SMILES string of the molecule is O=C(O)CCN1C(=O)C2CC1C2. The first-order chi connectivity index (χ1) is 5.68. The summed E-state index contributed by atoms with van der Waals surface area (Å²) in [4.78, 5) is 23.3. The Morgan fingerprint density at radius 2 is 2.25 bits per heavy atom. The summed E-state index contributed by atoms with van der Waals surface area (Å²) in [6.45, 7) is 0.398. The van der Waals surface area contributed by atoms with Crippen LogP contribution >= 0.6 is 0 Å². The smallest absolute Gasteiger partial charge is 0.305 e. The van der Waals surface area contributed by atoms with Gasteiger partial charge in [-0.2, -0.15) is 0 Å². The van der Waals surface area contributed by atoms with Gasteiger partial charge in [0.25, 0.3) is 0 Å². The van der Waals surface area contributed by atoms with E-state index < -0.39 is 5.97 Å². The number of carboxylic acid groups (broad SMARTS) is 1. The first kappa shape index (κ1) is 7.58. The fourth-order valence-corrected chi connectivity index (χ4v) is 1.97. The standard InChI is InChI=1S/C8H11NO3/c10-7(11)1-2-9-6-3-5(4-6)8(9)12/h5-6H,1-4H2,(H,10,11). The number of amides is 1. The number of carboxylic acids is 1. The van der Waals surface area contributed by atoms with Crippen molar-refractivity contribution < 1.29 is 14.7 Å². The van der Waals surface area contributed by atoms with Crippen LogP contribution in [0.4, 0.5) is 0 Å². The molecule has 1 N–H and O–H groups in total. The Balaban J connectivity index is 1.89. The molecule has 1 aliphatic carbocycles. The highest BCUT2D eigenvalue weighted by Gasteiger charge is 2.49. The van der Waals surface area contributed by atoms with E-state index in [1.807, 2.05) is 0 Å². The van der Waals surface area contributed by atoms with Gasteiger partial charge in [-0.1, -0.05) is 0 Å². The van der Waals surface area contributed by atoms with Crippen molar-refractivity contribution >= 4 is 11.9 Å². The molecular weight excluding hydrogens is 158 g/mol. The lowest BCUT2D eigenvalue weighted by atomic mass is 9.86. The summed E-state index contributed by atoms with van der Waals surface area (Å²) in [5, 5.41) is 8.42. The van der Waals surface area contributed by atoms with Gasteiger partial charge in [0.1, 0.15) is 0 Å².